The molecule has 0 aliphatic carbocycles. The van der Waals surface area contributed by atoms with Crippen molar-refractivity contribution in [3.8, 4) is 11.5 Å². The maximum atomic E-state index is 12.6. The molecule has 6 heteroatoms. The van der Waals surface area contributed by atoms with Gasteiger partial charge in [0.15, 0.2) is 5.11 Å². The summed E-state index contributed by atoms with van der Waals surface area (Å²) in [6.45, 7) is 3.32. The van der Waals surface area contributed by atoms with Gasteiger partial charge in [-0.25, -0.2) is 0 Å². The van der Waals surface area contributed by atoms with E-state index in [1.54, 1.807) is 18.2 Å². The molecule has 3 aromatic rings. The highest BCUT2D eigenvalue weighted by molar-refractivity contribution is 7.80. The van der Waals surface area contributed by atoms with Crippen molar-refractivity contribution in [2.45, 2.75) is 32.6 Å². The van der Waals surface area contributed by atoms with Crippen LogP contribution in [0.1, 0.15) is 42.1 Å². The minimum atomic E-state index is -0.297. The van der Waals surface area contributed by atoms with Crippen LogP contribution in [-0.2, 0) is 6.42 Å². The molecule has 0 aromatic heterocycles. The Balaban J connectivity index is 1.51. The van der Waals surface area contributed by atoms with E-state index >= 15 is 0 Å². The Hall–Kier alpha value is -3.38. The number of benzene rings is 3. The first kappa shape index (κ1) is 24.3. The van der Waals surface area contributed by atoms with E-state index in [1.807, 2.05) is 48.5 Å². The van der Waals surface area contributed by atoms with Gasteiger partial charge in [-0.05, 0) is 67.4 Å². The van der Waals surface area contributed by atoms with Crippen LogP contribution in [0.3, 0.4) is 0 Å². The Morgan fingerprint density at radius 2 is 1.64 bits per heavy atom. The fourth-order valence-electron chi connectivity index (χ4n) is 3.19. The SMILES string of the molecule is CCCCOc1cccc(C(=O)NC(=S)Nc2ccccc2OCCCc2ccccc2)c1. The van der Waals surface area contributed by atoms with Gasteiger partial charge in [-0.1, -0.05) is 61.9 Å². The van der Waals surface area contributed by atoms with Gasteiger partial charge in [0.1, 0.15) is 11.5 Å². The van der Waals surface area contributed by atoms with E-state index in [0.29, 0.717) is 36.0 Å². The van der Waals surface area contributed by atoms with E-state index in [4.69, 9.17) is 21.7 Å². The normalized spacial score (nSPS) is 10.3. The van der Waals surface area contributed by atoms with Crippen LogP contribution in [-0.4, -0.2) is 24.2 Å². The highest BCUT2D eigenvalue weighted by atomic mass is 32.1. The predicted molar refractivity (Wildman–Crippen MR) is 137 cm³/mol. The Kier molecular flexibility index (Phi) is 9.73. The van der Waals surface area contributed by atoms with E-state index in [2.05, 4.69) is 29.7 Å². The van der Waals surface area contributed by atoms with Crippen molar-refractivity contribution in [2.75, 3.05) is 18.5 Å². The lowest BCUT2D eigenvalue weighted by molar-refractivity contribution is 0.0977. The zero-order valence-corrected chi connectivity index (χ0v) is 19.7. The first-order valence-electron chi connectivity index (χ1n) is 11.3. The summed E-state index contributed by atoms with van der Waals surface area (Å²) in [4.78, 5) is 12.6. The van der Waals surface area contributed by atoms with Crippen LogP contribution >= 0.6 is 12.2 Å². The molecule has 3 aromatic carbocycles. The number of hydrogen-bond acceptors (Lipinski definition) is 4. The third kappa shape index (κ3) is 8.24. The minimum Gasteiger partial charge on any atom is -0.494 e. The summed E-state index contributed by atoms with van der Waals surface area (Å²) in [5, 5.41) is 6.00. The lowest BCUT2D eigenvalue weighted by atomic mass is 10.1. The molecule has 0 aliphatic heterocycles. The number of carbonyl (C=O) groups is 1. The Morgan fingerprint density at radius 3 is 2.45 bits per heavy atom. The summed E-state index contributed by atoms with van der Waals surface area (Å²) in [7, 11) is 0. The molecule has 0 heterocycles. The lowest BCUT2D eigenvalue weighted by Crippen LogP contribution is -2.34. The standard InChI is InChI=1S/C27H30N2O3S/c1-2-3-18-31-23-15-9-14-22(20-23)26(30)29-27(33)28-24-16-7-8-17-25(24)32-19-10-13-21-11-5-4-6-12-21/h4-9,11-12,14-17,20H,2-3,10,13,18-19H2,1H3,(H2,28,29,30,33). The number of ether oxygens (including phenoxy) is 2. The molecule has 1 amide bonds. The molecule has 0 spiro atoms. The van der Waals surface area contributed by atoms with Gasteiger partial charge in [0.05, 0.1) is 18.9 Å². The summed E-state index contributed by atoms with van der Waals surface area (Å²) in [6.07, 6.45) is 3.87. The number of anilines is 1. The molecule has 33 heavy (non-hydrogen) atoms. The van der Waals surface area contributed by atoms with Gasteiger partial charge in [0, 0.05) is 5.56 Å². The maximum Gasteiger partial charge on any atom is 0.257 e. The zero-order valence-electron chi connectivity index (χ0n) is 18.9. The number of hydrogen-bond donors (Lipinski definition) is 2. The largest absolute Gasteiger partial charge is 0.494 e. The van der Waals surface area contributed by atoms with Crippen molar-refractivity contribution in [3.63, 3.8) is 0 Å². The van der Waals surface area contributed by atoms with Crippen molar-refractivity contribution in [2.24, 2.45) is 0 Å². The van der Waals surface area contributed by atoms with Crippen LogP contribution in [0.15, 0.2) is 78.9 Å². The van der Waals surface area contributed by atoms with Crippen LogP contribution in [0, 0.1) is 0 Å². The Bertz CT molecular complexity index is 1040. The summed E-state index contributed by atoms with van der Waals surface area (Å²) >= 11 is 5.36. The molecular weight excluding hydrogens is 432 g/mol. The Labute approximate surface area is 201 Å². The van der Waals surface area contributed by atoms with Crippen LogP contribution in [0.5, 0.6) is 11.5 Å². The number of rotatable bonds is 11. The quantitative estimate of drug-likeness (QED) is 0.270. The molecule has 5 nitrogen and oxygen atoms in total. The molecule has 0 fully saturated rings. The van der Waals surface area contributed by atoms with E-state index in [0.717, 1.165) is 25.7 Å². The first-order chi connectivity index (χ1) is 16.2. The van der Waals surface area contributed by atoms with Gasteiger partial charge in [-0.2, -0.15) is 0 Å². The average Bonchev–Trinajstić information content (AvgIpc) is 2.84. The minimum absolute atomic E-state index is 0.206. The van der Waals surface area contributed by atoms with Crippen molar-refractivity contribution >= 4 is 28.9 Å². The van der Waals surface area contributed by atoms with Gasteiger partial charge >= 0.3 is 0 Å². The highest BCUT2D eigenvalue weighted by Crippen LogP contribution is 2.24. The van der Waals surface area contributed by atoms with Crippen LogP contribution in [0.4, 0.5) is 5.69 Å². The molecule has 3 rings (SSSR count). The van der Waals surface area contributed by atoms with Crippen LogP contribution in [0.2, 0.25) is 0 Å². The Morgan fingerprint density at radius 1 is 0.879 bits per heavy atom. The second-order valence-electron chi connectivity index (χ2n) is 7.57. The van der Waals surface area contributed by atoms with Crippen molar-refractivity contribution in [3.05, 3.63) is 90.0 Å². The average molecular weight is 463 g/mol. The number of thiocarbonyl (C=S) groups is 1. The molecule has 0 saturated heterocycles. The van der Waals surface area contributed by atoms with Gasteiger partial charge in [0.25, 0.3) is 5.91 Å². The van der Waals surface area contributed by atoms with Crippen molar-refractivity contribution in [1.29, 1.82) is 0 Å². The van der Waals surface area contributed by atoms with E-state index in [9.17, 15) is 4.79 Å². The molecule has 172 valence electrons. The molecule has 0 radical (unpaired) electrons. The van der Waals surface area contributed by atoms with Gasteiger partial charge in [0.2, 0.25) is 0 Å². The third-order valence-corrected chi connectivity index (χ3v) is 5.14. The fraction of sp³-hybridized carbons (Fsp3) is 0.259. The number of unbranched alkanes of at least 4 members (excludes halogenated alkanes) is 1. The summed E-state index contributed by atoms with van der Waals surface area (Å²) in [5.41, 5.74) is 2.48. The summed E-state index contributed by atoms with van der Waals surface area (Å²) in [5.74, 6) is 1.06. The molecule has 0 saturated carbocycles. The fourth-order valence-corrected chi connectivity index (χ4v) is 3.39. The zero-order chi connectivity index (χ0) is 23.3. The number of aryl methyl sites for hydroxylation is 1. The van der Waals surface area contributed by atoms with Gasteiger partial charge < -0.3 is 14.8 Å². The predicted octanol–water partition coefficient (Wildman–Crippen LogP) is 6.00. The lowest BCUT2D eigenvalue weighted by Gasteiger charge is -2.14. The molecule has 0 aliphatic rings. The number of para-hydroxylation sites is 2. The van der Waals surface area contributed by atoms with E-state index in [-0.39, 0.29) is 11.0 Å². The maximum absolute atomic E-state index is 12.6. The van der Waals surface area contributed by atoms with Crippen LogP contribution < -0.4 is 20.1 Å². The van der Waals surface area contributed by atoms with Crippen LogP contribution in [0.25, 0.3) is 0 Å². The van der Waals surface area contributed by atoms with E-state index in [1.165, 1.54) is 5.56 Å². The molecule has 2 N–H and O–H groups in total. The number of nitrogens with one attached hydrogen (secondary N) is 2. The number of amides is 1. The van der Waals surface area contributed by atoms with Gasteiger partial charge in [-0.3, -0.25) is 10.1 Å². The molecular formula is C27H30N2O3S. The topological polar surface area (TPSA) is 59.6 Å². The van der Waals surface area contributed by atoms with E-state index < -0.39 is 0 Å². The first-order valence-corrected chi connectivity index (χ1v) is 11.7. The monoisotopic (exact) mass is 462 g/mol. The second-order valence-corrected chi connectivity index (χ2v) is 7.98. The van der Waals surface area contributed by atoms with Crippen molar-refractivity contribution in [1.82, 2.24) is 5.32 Å². The smallest absolute Gasteiger partial charge is 0.257 e. The summed E-state index contributed by atoms with van der Waals surface area (Å²) in [6, 6.07) is 25.0. The molecule has 0 unspecified atom stereocenters. The third-order valence-electron chi connectivity index (χ3n) is 4.94. The summed E-state index contributed by atoms with van der Waals surface area (Å²) < 4.78 is 11.6. The highest BCUT2D eigenvalue weighted by Gasteiger charge is 2.11. The van der Waals surface area contributed by atoms with Gasteiger partial charge in [-0.15, -0.1) is 0 Å². The second kappa shape index (κ2) is 13.2. The molecule has 0 bridgehead atoms. The molecule has 0 atom stereocenters. The van der Waals surface area contributed by atoms with Crippen molar-refractivity contribution < 1.29 is 14.3 Å². The number of carbonyl (C=O) groups excluding carboxylic acids is 1.